The van der Waals surface area contributed by atoms with Crippen molar-refractivity contribution < 1.29 is 0 Å². The van der Waals surface area contributed by atoms with Gasteiger partial charge in [-0.1, -0.05) is 135 Å². The van der Waals surface area contributed by atoms with Gasteiger partial charge >= 0.3 is 0 Å². The van der Waals surface area contributed by atoms with Gasteiger partial charge in [0.1, 0.15) is 0 Å². The Labute approximate surface area is 310 Å². The molecule has 2 heteroatoms. The summed E-state index contributed by atoms with van der Waals surface area (Å²) in [6, 6.07) is 32.1. The van der Waals surface area contributed by atoms with Crippen LogP contribution in [0.25, 0.3) is 11.1 Å². The summed E-state index contributed by atoms with van der Waals surface area (Å²) in [4.78, 5) is 0. The van der Waals surface area contributed by atoms with Crippen molar-refractivity contribution in [1.82, 2.24) is 0 Å². The van der Waals surface area contributed by atoms with E-state index in [1.165, 1.54) is 88.7 Å². The van der Waals surface area contributed by atoms with Gasteiger partial charge in [-0.15, -0.1) is 0 Å². The average molecular weight is 681 g/mol. The van der Waals surface area contributed by atoms with Crippen LogP contribution >= 0.6 is 0 Å². The zero-order valence-corrected chi connectivity index (χ0v) is 33.2. The fraction of sp³-hybridized carbons (Fsp3) is 0.510. The maximum atomic E-state index is 6.60. The van der Waals surface area contributed by atoms with Gasteiger partial charge in [0.2, 0.25) is 0 Å². The van der Waals surface area contributed by atoms with Crippen LogP contribution < -0.4 is 11.1 Å². The molecule has 2 nitrogen and oxygen atoms in total. The number of nitrogens with two attached hydrogens (primary N) is 1. The van der Waals surface area contributed by atoms with E-state index in [0.717, 1.165) is 19.4 Å². The molecule has 0 bridgehead atoms. The second-order valence-corrected chi connectivity index (χ2v) is 18.8. The van der Waals surface area contributed by atoms with Crippen LogP contribution in [0.15, 0.2) is 78.9 Å². The number of rotatable bonds is 9. The highest BCUT2D eigenvalue weighted by molar-refractivity contribution is 5.81. The largest absolute Gasteiger partial charge is 0.385 e. The second-order valence-electron chi connectivity index (χ2n) is 18.8. The molecule has 270 valence electrons. The highest BCUT2D eigenvalue weighted by Gasteiger charge is 2.67. The summed E-state index contributed by atoms with van der Waals surface area (Å²) in [6.07, 6.45) is 9.35. The molecule has 0 saturated heterocycles. The van der Waals surface area contributed by atoms with Gasteiger partial charge in [0.25, 0.3) is 0 Å². The van der Waals surface area contributed by atoms with Gasteiger partial charge in [0, 0.05) is 29.1 Å². The minimum absolute atomic E-state index is 0.0597. The van der Waals surface area contributed by atoms with Crippen molar-refractivity contribution in [3.8, 4) is 11.1 Å². The Morgan fingerprint density at radius 3 is 1.78 bits per heavy atom. The van der Waals surface area contributed by atoms with Gasteiger partial charge in [-0.25, -0.2) is 0 Å². The first kappa shape index (κ1) is 36.0. The normalized spacial score (nSPS) is 24.4. The Morgan fingerprint density at radius 1 is 0.686 bits per heavy atom. The molecule has 0 radical (unpaired) electrons. The molecule has 0 amide bonds. The van der Waals surface area contributed by atoms with Gasteiger partial charge in [0.15, 0.2) is 0 Å². The Hall–Kier alpha value is -3.36. The number of hydrogen-bond donors (Lipinski definition) is 2. The molecule has 0 aromatic heterocycles. The zero-order valence-electron chi connectivity index (χ0n) is 33.2. The van der Waals surface area contributed by atoms with Crippen LogP contribution in [0.3, 0.4) is 0 Å². The number of aryl methyl sites for hydroxylation is 1. The average Bonchev–Trinajstić information content (AvgIpc) is 3.60. The maximum Gasteiger partial charge on any atom is 0.0340 e. The number of hydrogen-bond acceptors (Lipinski definition) is 2. The predicted octanol–water partition coefficient (Wildman–Crippen LogP) is 12.9. The molecule has 5 atom stereocenters. The number of nitrogens with one attached hydrogen (secondary N) is 1. The SMILES string of the molecule is CCCCNc1ccc(C2CC34CC(c5ccc(C(N)CCC)cc5)CC3(C2)c2cc(C(C)(C)C)c(C)cc2-c2ccc(C(C)(C)C)cc24)cc1. The van der Waals surface area contributed by atoms with E-state index in [4.69, 9.17) is 5.73 Å². The van der Waals surface area contributed by atoms with Crippen molar-refractivity contribution in [3.05, 3.63) is 123 Å². The fourth-order valence-electron chi connectivity index (χ4n) is 10.8. The van der Waals surface area contributed by atoms with Gasteiger partial charge in [-0.2, -0.15) is 0 Å². The quantitative estimate of drug-likeness (QED) is 0.173. The summed E-state index contributed by atoms with van der Waals surface area (Å²) in [5.74, 6) is 1.02. The molecule has 2 fully saturated rings. The lowest BCUT2D eigenvalue weighted by molar-refractivity contribution is 0.298. The molecule has 51 heavy (non-hydrogen) atoms. The molecule has 7 rings (SSSR count). The number of benzene rings is 4. The highest BCUT2D eigenvalue weighted by atomic mass is 14.9. The summed E-state index contributed by atoms with van der Waals surface area (Å²) in [5, 5.41) is 3.66. The number of anilines is 1. The second kappa shape index (κ2) is 13.2. The highest BCUT2D eigenvalue weighted by Crippen LogP contribution is 2.74. The van der Waals surface area contributed by atoms with E-state index in [2.05, 4.69) is 146 Å². The van der Waals surface area contributed by atoms with E-state index >= 15 is 0 Å². The first-order chi connectivity index (χ1) is 24.2. The third-order valence-corrected chi connectivity index (χ3v) is 13.4. The van der Waals surface area contributed by atoms with E-state index in [0.29, 0.717) is 11.8 Å². The molecule has 3 aliphatic rings. The van der Waals surface area contributed by atoms with Crippen LogP contribution in [0, 0.1) is 6.92 Å². The van der Waals surface area contributed by atoms with Crippen LogP contribution in [-0.2, 0) is 21.7 Å². The number of unbranched alkanes of at least 4 members (excludes halogenated alkanes) is 1. The minimum Gasteiger partial charge on any atom is -0.385 e. The molecule has 0 aliphatic heterocycles. The van der Waals surface area contributed by atoms with Crippen LogP contribution in [0.5, 0.6) is 0 Å². The fourth-order valence-corrected chi connectivity index (χ4v) is 10.8. The van der Waals surface area contributed by atoms with Gasteiger partial charge < -0.3 is 11.1 Å². The molecule has 3 N–H and O–H groups in total. The lowest BCUT2D eigenvalue weighted by atomic mass is 9.54. The van der Waals surface area contributed by atoms with E-state index in [1.54, 1.807) is 11.1 Å². The molecule has 4 aromatic rings. The lowest BCUT2D eigenvalue weighted by Crippen LogP contribution is -2.44. The summed E-state index contributed by atoms with van der Waals surface area (Å²) in [7, 11) is 0. The Kier molecular flexibility index (Phi) is 9.35. The predicted molar refractivity (Wildman–Crippen MR) is 219 cm³/mol. The van der Waals surface area contributed by atoms with Crippen molar-refractivity contribution in [1.29, 1.82) is 0 Å². The summed E-state index contributed by atoms with van der Waals surface area (Å²) in [6.45, 7) is 22.2. The molecule has 5 unspecified atom stereocenters. The topological polar surface area (TPSA) is 38.0 Å². The maximum absolute atomic E-state index is 6.60. The van der Waals surface area contributed by atoms with E-state index in [-0.39, 0.29) is 27.7 Å². The van der Waals surface area contributed by atoms with E-state index in [9.17, 15) is 0 Å². The molecule has 3 aliphatic carbocycles. The van der Waals surface area contributed by atoms with Gasteiger partial charge in [-0.05, 0) is 136 Å². The van der Waals surface area contributed by atoms with Crippen molar-refractivity contribution in [2.45, 2.75) is 153 Å². The van der Waals surface area contributed by atoms with Crippen molar-refractivity contribution in [2.75, 3.05) is 11.9 Å². The molecule has 2 saturated carbocycles. The van der Waals surface area contributed by atoms with E-state index < -0.39 is 0 Å². The van der Waals surface area contributed by atoms with Crippen molar-refractivity contribution >= 4 is 5.69 Å². The number of fused-ring (bicyclic) bond motifs is 3. The van der Waals surface area contributed by atoms with E-state index in [1.807, 2.05) is 0 Å². The standard InChI is InChI=1S/C49H64N2/c1-10-12-24-51-39-21-18-34(19-22-39)37-29-48-28-36(33-14-16-35(17-15-33)45(50)13-11-2)30-49(48,31-37)44-27-42(47(7,8)9)32(3)25-41(44)40-23-20-38(26-43(40)48)46(4,5)6/h14-23,25-27,36-37,45,51H,10-13,24,28-31,50H2,1-9H3. The first-order valence-corrected chi connectivity index (χ1v) is 20.2. The molecule has 4 aromatic carbocycles. The van der Waals surface area contributed by atoms with Crippen LogP contribution in [0.2, 0.25) is 0 Å². The monoisotopic (exact) mass is 681 g/mol. The third-order valence-electron chi connectivity index (χ3n) is 13.4. The molecule has 0 spiro atoms. The Balaban J connectivity index is 1.41. The Bertz CT molecular complexity index is 1870. The molecular weight excluding hydrogens is 617 g/mol. The third kappa shape index (κ3) is 6.18. The summed E-state index contributed by atoms with van der Waals surface area (Å²) >= 11 is 0. The van der Waals surface area contributed by atoms with Crippen LogP contribution in [-0.4, -0.2) is 6.54 Å². The van der Waals surface area contributed by atoms with Crippen LogP contribution in [0.4, 0.5) is 5.69 Å². The minimum atomic E-state index is 0.0597. The first-order valence-electron chi connectivity index (χ1n) is 20.2. The lowest BCUT2D eigenvalue weighted by Gasteiger charge is -2.48. The summed E-state index contributed by atoms with van der Waals surface area (Å²) in [5.41, 5.74) is 23.0. The smallest absolute Gasteiger partial charge is 0.0340 e. The zero-order chi connectivity index (χ0) is 36.3. The van der Waals surface area contributed by atoms with Crippen molar-refractivity contribution in [3.63, 3.8) is 0 Å². The molecule has 0 heterocycles. The summed E-state index contributed by atoms with van der Waals surface area (Å²) < 4.78 is 0. The Morgan fingerprint density at radius 2 is 1.25 bits per heavy atom. The van der Waals surface area contributed by atoms with Crippen molar-refractivity contribution in [2.24, 2.45) is 5.73 Å². The van der Waals surface area contributed by atoms with Gasteiger partial charge in [-0.3, -0.25) is 0 Å². The molecular formula is C49H64N2. The van der Waals surface area contributed by atoms with Crippen LogP contribution in [0.1, 0.15) is 169 Å². The van der Waals surface area contributed by atoms with Gasteiger partial charge in [0.05, 0.1) is 0 Å².